The summed E-state index contributed by atoms with van der Waals surface area (Å²) >= 11 is 0. The zero-order valence-electron chi connectivity index (χ0n) is 17.5. The van der Waals surface area contributed by atoms with Gasteiger partial charge in [-0.25, -0.2) is 4.98 Å². The van der Waals surface area contributed by atoms with E-state index in [1.807, 2.05) is 49.4 Å². The number of amides is 1. The molecule has 1 unspecified atom stereocenters. The standard InChI is InChI=1S/C25H29N3O2/c1-3-9-19-10-4-7-13-23(19)30-17-8-16-28-22-12-6-5-11-21(22)27-24(28)18(2)26-25(29)20-14-15-20/h3-7,10-13,18,20H,1,8-9,14-17H2,2H3,(H,26,29). The molecule has 1 fully saturated rings. The van der Waals surface area contributed by atoms with Crippen molar-refractivity contribution in [3.63, 3.8) is 0 Å². The van der Waals surface area contributed by atoms with Gasteiger partial charge in [-0.15, -0.1) is 6.58 Å². The zero-order chi connectivity index (χ0) is 20.9. The van der Waals surface area contributed by atoms with Crippen LogP contribution in [-0.4, -0.2) is 22.1 Å². The molecule has 2 aromatic carbocycles. The molecular formula is C25H29N3O2. The summed E-state index contributed by atoms with van der Waals surface area (Å²) in [5, 5.41) is 3.13. The molecule has 1 aliphatic rings. The number of imidazole rings is 1. The second-order valence-corrected chi connectivity index (χ2v) is 7.92. The normalized spacial score (nSPS) is 14.4. The highest BCUT2D eigenvalue weighted by Crippen LogP contribution is 2.30. The van der Waals surface area contributed by atoms with E-state index in [4.69, 9.17) is 9.72 Å². The first-order chi connectivity index (χ1) is 14.7. The Kier molecular flexibility index (Phi) is 6.17. The van der Waals surface area contributed by atoms with E-state index >= 15 is 0 Å². The second kappa shape index (κ2) is 9.16. The number of nitrogens with one attached hydrogen (secondary N) is 1. The number of nitrogens with zero attached hydrogens (tertiary/aromatic N) is 2. The lowest BCUT2D eigenvalue weighted by Gasteiger charge is -2.17. The summed E-state index contributed by atoms with van der Waals surface area (Å²) in [6.07, 6.45) is 5.53. The van der Waals surface area contributed by atoms with E-state index in [0.717, 1.165) is 60.4 Å². The van der Waals surface area contributed by atoms with Crippen LogP contribution in [0.15, 0.2) is 61.2 Å². The summed E-state index contributed by atoms with van der Waals surface area (Å²) in [5.41, 5.74) is 3.20. The van der Waals surface area contributed by atoms with Crippen molar-refractivity contribution >= 4 is 16.9 Å². The van der Waals surface area contributed by atoms with Gasteiger partial charge in [-0.2, -0.15) is 0 Å². The Balaban J connectivity index is 1.45. The molecule has 1 N–H and O–H groups in total. The molecule has 1 saturated carbocycles. The Morgan fingerprint density at radius 1 is 1.27 bits per heavy atom. The maximum absolute atomic E-state index is 12.2. The quantitative estimate of drug-likeness (QED) is 0.390. The molecule has 0 spiro atoms. The molecule has 0 radical (unpaired) electrons. The molecule has 1 aromatic heterocycles. The number of hydrogen-bond acceptors (Lipinski definition) is 3. The van der Waals surface area contributed by atoms with Crippen molar-refractivity contribution in [1.29, 1.82) is 0 Å². The summed E-state index contributed by atoms with van der Waals surface area (Å²) in [6.45, 7) is 7.23. The Labute approximate surface area is 177 Å². The fraction of sp³-hybridized carbons (Fsp3) is 0.360. The summed E-state index contributed by atoms with van der Waals surface area (Å²) in [4.78, 5) is 17.1. The van der Waals surface area contributed by atoms with E-state index in [0.29, 0.717) is 6.61 Å². The SMILES string of the molecule is C=CCc1ccccc1OCCCn1c(C(C)NC(=O)C2CC2)nc2ccccc21. The van der Waals surface area contributed by atoms with Crippen LogP contribution in [0.2, 0.25) is 0 Å². The van der Waals surface area contributed by atoms with Gasteiger partial charge in [-0.1, -0.05) is 36.4 Å². The van der Waals surface area contributed by atoms with Crippen molar-refractivity contribution in [2.75, 3.05) is 6.61 Å². The molecule has 1 atom stereocenters. The third-order valence-electron chi connectivity index (χ3n) is 5.50. The molecule has 30 heavy (non-hydrogen) atoms. The molecular weight excluding hydrogens is 374 g/mol. The van der Waals surface area contributed by atoms with Gasteiger partial charge in [0.25, 0.3) is 0 Å². The average molecular weight is 404 g/mol. The Morgan fingerprint density at radius 2 is 2.03 bits per heavy atom. The molecule has 5 heteroatoms. The average Bonchev–Trinajstić information content (AvgIpc) is 3.54. The van der Waals surface area contributed by atoms with Gasteiger partial charge >= 0.3 is 0 Å². The highest BCUT2D eigenvalue weighted by molar-refractivity contribution is 5.81. The Hall–Kier alpha value is -3.08. The van der Waals surface area contributed by atoms with Crippen molar-refractivity contribution in [3.8, 4) is 5.75 Å². The first kappa shape index (κ1) is 20.2. The van der Waals surface area contributed by atoms with Crippen LogP contribution < -0.4 is 10.1 Å². The third kappa shape index (κ3) is 4.56. The largest absolute Gasteiger partial charge is 0.493 e. The molecule has 0 aliphatic heterocycles. The molecule has 3 aromatic rings. The maximum atomic E-state index is 12.2. The number of aryl methyl sites for hydroxylation is 1. The summed E-state index contributed by atoms with van der Waals surface area (Å²) in [6, 6.07) is 16.1. The van der Waals surface area contributed by atoms with Crippen molar-refractivity contribution in [2.45, 2.75) is 45.2 Å². The minimum absolute atomic E-state index is 0.125. The number of ether oxygens (including phenoxy) is 1. The van der Waals surface area contributed by atoms with Crippen LogP contribution in [-0.2, 0) is 17.8 Å². The molecule has 0 bridgehead atoms. The van der Waals surface area contributed by atoms with Gasteiger partial charge in [0.1, 0.15) is 11.6 Å². The van der Waals surface area contributed by atoms with Crippen LogP contribution in [0.5, 0.6) is 5.75 Å². The monoisotopic (exact) mass is 403 g/mol. The van der Waals surface area contributed by atoms with E-state index in [1.165, 1.54) is 0 Å². The molecule has 1 heterocycles. The number of rotatable bonds is 10. The molecule has 1 amide bonds. The first-order valence-electron chi connectivity index (χ1n) is 10.7. The van der Waals surface area contributed by atoms with Gasteiger partial charge < -0.3 is 14.6 Å². The lowest BCUT2D eigenvalue weighted by molar-refractivity contribution is -0.123. The van der Waals surface area contributed by atoms with E-state index < -0.39 is 0 Å². The van der Waals surface area contributed by atoms with E-state index in [2.05, 4.69) is 28.6 Å². The number of hydrogen-bond donors (Lipinski definition) is 1. The predicted octanol–water partition coefficient (Wildman–Crippen LogP) is 4.82. The van der Waals surface area contributed by atoms with E-state index in [1.54, 1.807) is 0 Å². The topological polar surface area (TPSA) is 56.1 Å². The molecule has 5 nitrogen and oxygen atoms in total. The van der Waals surface area contributed by atoms with Crippen molar-refractivity contribution in [1.82, 2.24) is 14.9 Å². The predicted molar refractivity (Wildman–Crippen MR) is 119 cm³/mol. The zero-order valence-corrected chi connectivity index (χ0v) is 17.5. The smallest absolute Gasteiger partial charge is 0.223 e. The van der Waals surface area contributed by atoms with Crippen LogP contribution in [0.1, 0.15) is 43.6 Å². The Bertz CT molecular complexity index is 1040. The Morgan fingerprint density at radius 3 is 2.83 bits per heavy atom. The minimum Gasteiger partial charge on any atom is -0.493 e. The number of carbonyl (C=O) groups is 1. The molecule has 1 aliphatic carbocycles. The van der Waals surface area contributed by atoms with Crippen molar-refractivity contribution in [3.05, 3.63) is 72.6 Å². The van der Waals surface area contributed by atoms with Crippen molar-refractivity contribution < 1.29 is 9.53 Å². The van der Waals surface area contributed by atoms with Crippen LogP contribution in [0.4, 0.5) is 0 Å². The van der Waals surface area contributed by atoms with Crippen LogP contribution in [0.25, 0.3) is 11.0 Å². The van der Waals surface area contributed by atoms with Crippen LogP contribution in [0.3, 0.4) is 0 Å². The van der Waals surface area contributed by atoms with E-state index in [9.17, 15) is 4.79 Å². The fourth-order valence-electron chi connectivity index (χ4n) is 3.77. The maximum Gasteiger partial charge on any atom is 0.223 e. The van der Waals surface area contributed by atoms with E-state index in [-0.39, 0.29) is 17.9 Å². The first-order valence-corrected chi connectivity index (χ1v) is 10.7. The third-order valence-corrected chi connectivity index (χ3v) is 5.50. The number of aromatic nitrogens is 2. The highest BCUT2D eigenvalue weighted by Gasteiger charge is 2.31. The van der Waals surface area contributed by atoms with Gasteiger partial charge in [-0.3, -0.25) is 4.79 Å². The number of fused-ring (bicyclic) bond motifs is 1. The fourth-order valence-corrected chi connectivity index (χ4v) is 3.77. The van der Waals surface area contributed by atoms with Crippen molar-refractivity contribution in [2.24, 2.45) is 5.92 Å². The summed E-state index contributed by atoms with van der Waals surface area (Å²) in [5.74, 6) is 2.15. The summed E-state index contributed by atoms with van der Waals surface area (Å²) in [7, 11) is 0. The molecule has 4 rings (SSSR count). The summed E-state index contributed by atoms with van der Waals surface area (Å²) < 4.78 is 8.27. The van der Waals surface area contributed by atoms with Gasteiger partial charge in [-0.05, 0) is 56.4 Å². The molecule has 156 valence electrons. The number of carbonyl (C=O) groups excluding carboxylic acids is 1. The minimum atomic E-state index is -0.125. The van der Waals surface area contributed by atoms with Gasteiger partial charge in [0.15, 0.2) is 0 Å². The lowest BCUT2D eigenvalue weighted by Crippen LogP contribution is -2.30. The number of allylic oxidation sites excluding steroid dienone is 1. The molecule has 0 saturated heterocycles. The number of benzene rings is 2. The van der Waals surface area contributed by atoms with Gasteiger partial charge in [0.2, 0.25) is 5.91 Å². The van der Waals surface area contributed by atoms with Gasteiger partial charge in [0, 0.05) is 12.5 Å². The number of para-hydroxylation sites is 3. The second-order valence-electron chi connectivity index (χ2n) is 7.92. The lowest BCUT2D eigenvalue weighted by atomic mass is 10.1. The van der Waals surface area contributed by atoms with Gasteiger partial charge in [0.05, 0.1) is 23.7 Å². The highest BCUT2D eigenvalue weighted by atomic mass is 16.5. The van der Waals surface area contributed by atoms with Crippen LogP contribution >= 0.6 is 0 Å². The van der Waals surface area contributed by atoms with Crippen LogP contribution in [0, 0.1) is 5.92 Å².